The minimum Gasteiger partial charge on any atom is -0.481 e. The second-order valence-corrected chi connectivity index (χ2v) is 4.52. The molecule has 1 aliphatic heterocycles. The Labute approximate surface area is 119 Å². The summed E-state index contributed by atoms with van der Waals surface area (Å²) in [4.78, 5) is 19.9. The number of aromatic nitrogens is 1. The Morgan fingerprint density at radius 1 is 1.33 bits per heavy atom. The summed E-state index contributed by atoms with van der Waals surface area (Å²) in [5.41, 5.74) is 0.370. The van der Waals surface area contributed by atoms with Gasteiger partial charge in [0.15, 0.2) is 5.69 Å². The molecule has 0 aliphatic carbocycles. The molecule has 1 fully saturated rings. The van der Waals surface area contributed by atoms with E-state index in [4.69, 9.17) is 9.57 Å². The van der Waals surface area contributed by atoms with Crippen LogP contribution in [0.1, 0.15) is 0 Å². The molecule has 116 valence electrons. The fraction of sp³-hybridized carbons (Fsp3) is 0.500. The number of methoxy groups -OCH3 is 1. The fourth-order valence-electron chi connectivity index (χ4n) is 2.10. The van der Waals surface area contributed by atoms with Gasteiger partial charge in [-0.3, -0.25) is 4.84 Å². The Kier molecular flexibility index (Phi) is 4.33. The second kappa shape index (κ2) is 5.86. The van der Waals surface area contributed by atoms with E-state index in [2.05, 4.69) is 10.3 Å². The number of pyridine rings is 1. The van der Waals surface area contributed by atoms with Crippen LogP contribution in [0.5, 0.6) is 5.88 Å². The van der Waals surface area contributed by atoms with Crippen LogP contribution in [0.3, 0.4) is 0 Å². The normalized spacial score (nSPS) is 18.1. The topological polar surface area (TPSA) is 60.5 Å². The van der Waals surface area contributed by atoms with Crippen LogP contribution in [0.2, 0.25) is 0 Å². The van der Waals surface area contributed by atoms with Gasteiger partial charge in [-0.1, -0.05) is 4.65 Å². The molecule has 1 saturated heterocycles. The molecule has 0 saturated carbocycles. The van der Waals surface area contributed by atoms with Crippen molar-refractivity contribution in [3.63, 3.8) is 0 Å². The summed E-state index contributed by atoms with van der Waals surface area (Å²) in [6.45, 7) is 1.24. The third kappa shape index (κ3) is 3.42. The number of ether oxygens (including phenoxy) is 1. The number of piperazine rings is 1. The van der Waals surface area contributed by atoms with Gasteiger partial charge in [-0.2, -0.15) is 13.2 Å². The molecule has 0 bridgehead atoms. The molecule has 0 radical (unpaired) electrons. The second-order valence-electron chi connectivity index (χ2n) is 4.52. The zero-order chi connectivity index (χ0) is 15.5. The molecule has 1 N–H and O–H groups in total. The number of quaternary nitrogens is 1. The highest BCUT2D eigenvalue weighted by atomic mass is 19.4. The standard InChI is InChI=1S/C12H15F3N3O3/c1-20-10-3-2-9(8-17-10)18(6-4-16-5-7-18)21-11(19)12(13,14)15/h2-3,8,16H,4-7H2,1H3/q+1. The van der Waals surface area contributed by atoms with Gasteiger partial charge in [0.25, 0.3) is 0 Å². The molecule has 6 nitrogen and oxygen atoms in total. The molecule has 2 rings (SSSR count). The first-order valence-corrected chi connectivity index (χ1v) is 6.26. The van der Waals surface area contributed by atoms with Crippen LogP contribution >= 0.6 is 0 Å². The van der Waals surface area contributed by atoms with Crippen molar-refractivity contribution in [3.05, 3.63) is 18.3 Å². The van der Waals surface area contributed by atoms with E-state index in [0.29, 0.717) is 24.7 Å². The number of carbonyl (C=O) groups excluding carboxylic acids is 1. The Morgan fingerprint density at radius 3 is 2.48 bits per heavy atom. The number of hydrogen-bond donors (Lipinski definition) is 1. The molecule has 0 amide bonds. The van der Waals surface area contributed by atoms with E-state index < -0.39 is 16.8 Å². The number of hydroxylamine groups is 2. The van der Waals surface area contributed by atoms with Gasteiger partial charge in [0.05, 0.1) is 13.3 Å². The Balaban J connectivity index is 2.29. The van der Waals surface area contributed by atoms with Crippen LogP contribution in [0.25, 0.3) is 0 Å². The summed E-state index contributed by atoms with van der Waals surface area (Å²) < 4.78 is 41.8. The lowest BCUT2D eigenvalue weighted by atomic mass is 10.3. The number of hydrogen-bond acceptors (Lipinski definition) is 5. The summed E-state index contributed by atoms with van der Waals surface area (Å²) in [5.74, 6) is -1.88. The van der Waals surface area contributed by atoms with Gasteiger partial charge >= 0.3 is 12.1 Å². The third-order valence-electron chi connectivity index (χ3n) is 3.19. The van der Waals surface area contributed by atoms with Gasteiger partial charge in [0, 0.05) is 25.2 Å². The van der Waals surface area contributed by atoms with Crippen molar-refractivity contribution in [3.8, 4) is 5.88 Å². The van der Waals surface area contributed by atoms with E-state index in [-0.39, 0.29) is 13.1 Å². The molecule has 0 aromatic carbocycles. The van der Waals surface area contributed by atoms with E-state index >= 15 is 0 Å². The first-order valence-electron chi connectivity index (χ1n) is 6.26. The molecular weight excluding hydrogens is 291 g/mol. The van der Waals surface area contributed by atoms with E-state index in [1.54, 1.807) is 6.07 Å². The summed E-state index contributed by atoms with van der Waals surface area (Å²) in [7, 11) is 1.43. The maximum atomic E-state index is 12.5. The van der Waals surface area contributed by atoms with Gasteiger partial charge in [-0.15, -0.1) is 0 Å². The SMILES string of the molecule is COc1ccc([N+]2(OC(=O)C(F)(F)F)CCNCC2)cn1. The number of alkyl halides is 3. The molecule has 9 heteroatoms. The first kappa shape index (κ1) is 15.5. The molecule has 1 aliphatic rings. The highest BCUT2D eigenvalue weighted by molar-refractivity contribution is 5.76. The molecule has 0 unspecified atom stereocenters. The largest absolute Gasteiger partial charge is 0.497 e. The first-order chi connectivity index (χ1) is 9.87. The lowest BCUT2D eigenvalue weighted by Crippen LogP contribution is -2.61. The molecule has 1 aromatic rings. The zero-order valence-electron chi connectivity index (χ0n) is 11.3. The molecule has 21 heavy (non-hydrogen) atoms. The minimum atomic E-state index is -5.03. The maximum Gasteiger partial charge on any atom is 0.497 e. The average molecular weight is 306 g/mol. The summed E-state index contributed by atoms with van der Waals surface area (Å²) in [6.07, 6.45) is -3.68. The van der Waals surface area contributed by atoms with Gasteiger partial charge in [-0.25, -0.2) is 9.78 Å². The lowest BCUT2D eigenvalue weighted by molar-refractivity contribution is -0.236. The van der Waals surface area contributed by atoms with Crippen LogP contribution in [0, 0.1) is 0 Å². The lowest BCUT2D eigenvalue weighted by Gasteiger charge is -2.36. The Morgan fingerprint density at radius 2 is 2.00 bits per heavy atom. The Hall–Kier alpha value is -1.87. The smallest absolute Gasteiger partial charge is 0.481 e. The maximum absolute atomic E-state index is 12.5. The fourth-order valence-corrected chi connectivity index (χ4v) is 2.10. The number of nitrogens with zero attached hydrogens (tertiary/aromatic N) is 2. The number of rotatable bonds is 3. The van der Waals surface area contributed by atoms with Crippen LogP contribution in [-0.4, -0.2) is 50.4 Å². The van der Waals surface area contributed by atoms with Crippen molar-refractivity contribution in [2.24, 2.45) is 0 Å². The molecule has 2 heterocycles. The minimum absolute atomic E-state index is 0.190. The van der Waals surface area contributed by atoms with Crippen LogP contribution in [0.4, 0.5) is 18.9 Å². The van der Waals surface area contributed by atoms with Crippen molar-refractivity contribution in [1.82, 2.24) is 14.9 Å². The number of halogens is 3. The summed E-state index contributed by atoms with van der Waals surface area (Å²) in [6, 6.07) is 3.06. The summed E-state index contributed by atoms with van der Waals surface area (Å²) in [5, 5.41) is 3.01. The third-order valence-corrected chi connectivity index (χ3v) is 3.19. The van der Waals surface area contributed by atoms with Crippen molar-refractivity contribution in [2.45, 2.75) is 6.18 Å². The van der Waals surface area contributed by atoms with E-state index in [1.807, 2.05) is 0 Å². The highest BCUT2D eigenvalue weighted by Crippen LogP contribution is 2.28. The van der Waals surface area contributed by atoms with E-state index in [1.165, 1.54) is 19.4 Å². The average Bonchev–Trinajstić information content (AvgIpc) is 2.47. The van der Waals surface area contributed by atoms with Crippen molar-refractivity contribution in [1.29, 1.82) is 0 Å². The molecule has 0 atom stereocenters. The number of carbonyl (C=O) groups is 1. The predicted octanol–water partition coefficient (Wildman–Crippen LogP) is 1.02. The highest BCUT2D eigenvalue weighted by Gasteiger charge is 2.49. The Bertz CT molecular complexity index is 499. The van der Waals surface area contributed by atoms with E-state index in [9.17, 15) is 18.0 Å². The van der Waals surface area contributed by atoms with Crippen LogP contribution in [-0.2, 0) is 9.63 Å². The summed E-state index contributed by atoms with van der Waals surface area (Å²) >= 11 is 0. The van der Waals surface area contributed by atoms with Gasteiger partial charge < -0.3 is 10.1 Å². The molecular formula is C12H15F3N3O3+. The van der Waals surface area contributed by atoms with Crippen LogP contribution in [0.15, 0.2) is 18.3 Å². The quantitative estimate of drug-likeness (QED) is 0.845. The van der Waals surface area contributed by atoms with Crippen molar-refractivity contribution < 1.29 is 27.5 Å². The molecule has 1 aromatic heterocycles. The monoisotopic (exact) mass is 306 g/mol. The van der Waals surface area contributed by atoms with Gasteiger partial charge in [0.2, 0.25) is 5.88 Å². The van der Waals surface area contributed by atoms with Crippen molar-refractivity contribution >= 4 is 11.7 Å². The number of nitrogens with one attached hydrogen (secondary N) is 1. The zero-order valence-corrected chi connectivity index (χ0v) is 11.3. The van der Waals surface area contributed by atoms with E-state index in [0.717, 1.165) is 0 Å². The van der Waals surface area contributed by atoms with Gasteiger partial charge in [-0.05, 0) is 0 Å². The van der Waals surface area contributed by atoms with Gasteiger partial charge in [0.1, 0.15) is 13.1 Å². The predicted molar refractivity (Wildman–Crippen MR) is 67.3 cm³/mol. The van der Waals surface area contributed by atoms with Crippen molar-refractivity contribution in [2.75, 3.05) is 33.3 Å². The molecule has 0 spiro atoms. The van der Waals surface area contributed by atoms with Crippen LogP contribution < -0.4 is 14.7 Å².